The second-order valence-corrected chi connectivity index (χ2v) is 9.43. The van der Waals surface area contributed by atoms with Crippen LogP contribution in [0.3, 0.4) is 0 Å². The van der Waals surface area contributed by atoms with Gasteiger partial charge in [-0.25, -0.2) is 4.79 Å². The summed E-state index contributed by atoms with van der Waals surface area (Å²) in [6.07, 6.45) is 2.15. The van der Waals surface area contributed by atoms with Crippen LogP contribution in [-0.4, -0.2) is 75.1 Å². The summed E-state index contributed by atoms with van der Waals surface area (Å²) in [6.45, 7) is 8.99. The van der Waals surface area contributed by atoms with E-state index in [1.54, 1.807) is 38.9 Å². The number of cyclic esters (lactones) is 1. The van der Waals surface area contributed by atoms with E-state index in [9.17, 15) is 4.79 Å². The average molecular weight is 609 g/mol. The summed E-state index contributed by atoms with van der Waals surface area (Å²) in [7, 11) is 2.74. The molecule has 10 nitrogen and oxygen atoms in total. The van der Waals surface area contributed by atoms with Crippen molar-refractivity contribution in [2.45, 2.75) is 32.9 Å². The highest BCUT2D eigenvalue weighted by Crippen LogP contribution is 2.27. The highest BCUT2D eigenvalue weighted by atomic mass is 127. The fourth-order valence-corrected chi connectivity index (χ4v) is 4.81. The van der Waals surface area contributed by atoms with Crippen LogP contribution in [0.2, 0.25) is 0 Å². The summed E-state index contributed by atoms with van der Waals surface area (Å²) in [5.74, 6) is 0.512. The molecule has 0 N–H and O–H groups in total. The number of nitrogens with zero attached hydrogens (tertiary/aromatic N) is 7. The molecule has 1 aromatic carbocycles. The number of aromatic nitrogens is 5. The third-order valence-electron chi connectivity index (χ3n) is 5.95. The highest BCUT2D eigenvalue weighted by Gasteiger charge is 2.32. The molecule has 0 saturated carbocycles. The van der Waals surface area contributed by atoms with Gasteiger partial charge < -0.3 is 12.7 Å². The number of tetrazole rings is 1. The van der Waals surface area contributed by atoms with Crippen LogP contribution in [0.25, 0.3) is 22.6 Å². The summed E-state index contributed by atoms with van der Waals surface area (Å²) in [5.41, 5.74) is 3.42. The zero-order valence-electron chi connectivity index (χ0n) is 19.8. The van der Waals surface area contributed by atoms with Crippen LogP contribution in [0, 0.1) is 0 Å². The SMILES string of the molecule is CCN(CC)CCCn1nnc(-c2ccc(-c3ccc(N4C[C@H](COI)OC4=O)cc3P)cn2)n1. The second-order valence-electron chi connectivity index (χ2n) is 8.19. The summed E-state index contributed by atoms with van der Waals surface area (Å²) < 4.78 is 10.4. The summed E-state index contributed by atoms with van der Waals surface area (Å²) in [6, 6.07) is 9.74. The predicted molar refractivity (Wildman–Crippen MR) is 146 cm³/mol. The maximum Gasteiger partial charge on any atom is 0.414 e. The minimum absolute atomic E-state index is 0.266. The lowest BCUT2D eigenvalue weighted by Gasteiger charge is -2.16. The Morgan fingerprint density at radius 1 is 1.26 bits per heavy atom. The van der Waals surface area contributed by atoms with E-state index in [1.165, 1.54) is 0 Å². The normalized spacial score (nSPS) is 15.7. The molecule has 12 heteroatoms. The number of pyridine rings is 1. The van der Waals surface area contributed by atoms with Gasteiger partial charge in [0.15, 0.2) is 0 Å². The smallest absolute Gasteiger partial charge is 0.414 e. The van der Waals surface area contributed by atoms with Gasteiger partial charge in [0.1, 0.15) is 34.8 Å². The van der Waals surface area contributed by atoms with Crippen LogP contribution < -0.4 is 10.2 Å². The fraction of sp³-hybridized carbons (Fsp3) is 0.435. The van der Waals surface area contributed by atoms with E-state index in [1.807, 2.05) is 30.3 Å². The maximum atomic E-state index is 12.2. The molecule has 0 spiro atoms. The molecule has 0 bridgehead atoms. The molecule has 3 heterocycles. The lowest BCUT2D eigenvalue weighted by atomic mass is 10.1. The number of carbonyl (C=O) groups is 1. The number of hydrogen-bond acceptors (Lipinski definition) is 8. The molecule has 4 rings (SSSR count). The van der Waals surface area contributed by atoms with Gasteiger partial charge in [0.05, 0.1) is 19.7 Å². The molecule has 1 aliphatic rings. The van der Waals surface area contributed by atoms with Crippen molar-refractivity contribution in [2.24, 2.45) is 0 Å². The van der Waals surface area contributed by atoms with Crippen molar-refractivity contribution in [3.8, 4) is 22.6 Å². The van der Waals surface area contributed by atoms with Crippen LogP contribution in [0.4, 0.5) is 10.5 Å². The van der Waals surface area contributed by atoms with Gasteiger partial charge in [0, 0.05) is 17.4 Å². The number of rotatable bonds is 11. The number of halogens is 1. The van der Waals surface area contributed by atoms with Crippen LogP contribution in [-0.2, 0) is 14.3 Å². The quantitative estimate of drug-likeness (QED) is 0.241. The monoisotopic (exact) mass is 609 g/mol. The maximum absolute atomic E-state index is 12.2. The molecule has 1 aliphatic heterocycles. The second kappa shape index (κ2) is 12.2. The largest absolute Gasteiger partial charge is 0.441 e. The van der Waals surface area contributed by atoms with Crippen LogP contribution in [0.15, 0.2) is 36.5 Å². The van der Waals surface area contributed by atoms with Gasteiger partial charge in [0.25, 0.3) is 0 Å². The molecule has 1 unspecified atom stereocenters. The summed E-state index contributed by atoms with van der Waals surface area (Å²) in [5, 5.41) is 13.8. The third kappa shape index (κ3) is 6.32. The van der Waals surface area contributed by atoms with E-state index in [0.717, 1.165) is 54.7 Å². The van der Waals surface area contributed by atoms with Crippen molar-refractivity contribution in [1.82, 2.24) is 30.1 Å². The van der Waals surface area contributed by atoms with Crippen LogP contribution >= 0.6 is 32.2 Å². The van der Waals surface area contributed by atoms with E-state index in [2.05, 4.69) is 48.4 Å². The van der Waals surface area contributed by atoms with Crippen LogP contribution in [0.1, 0.15) is 20.3 Å². The minimum atomic E-state index is -0.361. The Morgan fingerprint density at radius 2 is 2.09 bits per heavy atom. The predicted octanol–water partition coefficient (Wildman–Crippen LogP) is 3.33. The van der Waals surface area contributed by atoms with E-state index in [4.69, 9.17) is 7.80 Å². The zero-order chi connectivity index (χ0) is 24.8. The Hall–Kier alpha value is -2.21. The van der Waals surface area contributed by atoms with Crippen molar-refractivity contribution in [3.05, 3.63) is 36.5 Å². The van der Waals surface area contributed by atoms with Crippen molar-refractivity contribution < 1.29 is 12.6 Å². The van der Waals surface area contributed by atoms with Crippen molar-refractivity contribution in [3.63, 3.8) is 0 Å². The lowest BCUT2D eigenvalue weighted by molar-refractivity contribution is 0.118. The first-order valence-electron chi connectivity index (χ1n) is 11.6. The molecule has 2 aromatic heterocycles. The van der Waals surface area contributed by atoms with Crippen LogP contribution in [0.5, 0.6) is 0 Å². The van der Waals surface area contributed by atoms with E-state index in [0.29, 0.717) is 24.7 Å². The Balaban J connectivity index is 1.41. The molecule has 1 fully saturated rings. The first kappa shape index (κ1) is 25.9. The molecular weight excluding hydrogens is 580 g/mol. The number of benzene rings is 1. The molecule has 1 saturated heterocycles. The molecule has 3 aromatic rings. The third-order valence-corrected chi connectivity index (χ3v) is 6.79. The highest BCUT2D eigenvalue weighted by molar-refractivity contribution is 14.1. The zero-order valence-corrected chi connectivity index (χ0v) is 23.1. The van der Waals surface area contributed by atoms with Gasteiger partial charge >= 0.3 is 6.09 Å². The number of hydrogen-bond donors (Lipinski definition) is 0. The summed E-state index contributed by atoms with van der Waals surface area (Å²) >= 11 is 1.81. The van der Waals surface area contributed by atoms with Gasteiger partial charge in [0.2, 0.25) is 5.82 Å². The van der Waals surface area contributed by atoms with Crippen molar-refractivity contribution >= 4 is 49.3 Å². The van der Waals surface area contributed by atoms with Gasteiger partial charge in [-0.1, -0.05) is 26.0 Å². The number of anilines is 1. The van der Waals surface area contributed by atoms with Crippen molar-refractivity contribution in [2.75, 3.05) is 37.7 Å². The molecule has 2 atom stereocenters. The minimum Gasteiger partial charge on any atom is -0.441 e. The first-order chi connectivity index (χ1) is 17.0. The topological polar surface area (TPSA) is 98.5 Å². The van der Waals surface area contributed by atoms with Gasteiger partial charge in [-0.15, -0.1) is 19.4 Å². The number of aryl methyl sites for hydroxylation is 1. The molecule has 0 radical (unpaired) electrons. The van der Waals surface area contributed by atoms with E-state index in [-0.39, 0.29) is 12.2 Å². The van der Waals surface area contributed by atoms with Gasteiger partial charge in [-0.2, -0.15) is 4.80 Å². The number of carbonyl (C=O) groups excluding carboxylic acids is 1. The average Bonchev–Trinajstić information content (AvgIpc) is 3.49. The van der Waals surface area contributed by atoms with E-state index >= 15 is 0 Å². The number of amides is 1. The Morgan fingerprint density at radius 3 is 2.77 bits per heavy atom. The van der Waals surface area contributed by atoms with E-state index < -0.39 is 0 Å². The molecule has 186 valence electrons. The van der Waals surface area contributed by atoms with Gasteiger partial charge in [-0.05, 0) is 60.3 Å². The van der Waals surface area contributed by atoms with Crippen molar-refractivity contribution in [1.29, 1.82) is 0 Å². The lowest BCUT2D eigenvalue weighted by Crippen LogP contribution is -2.26. The molecule has 35 heavy (non-hydrogen) atoms. The molecule has 0 aliphatic carbocycles. The fourth-order valence-electron chi connectivity index (χ4n) is 3.97. The molecule has 1 amide bonds. The Labute approximate surface area is 221 Å². The summed E-state index contributed by atoms with van der Waals surface area (Å²) in [4.78, 5) is 22.4. The Bertz CT molecular complexity index is 1140. The van der Waals surface area contributed by atoms with Gasteiger partial charge in [-0.3, -0.25) is 9.88 Å². The first-order valence-corrected chi connectivity index (χ1v) is 13.1. The number of ether oxygens (including phenoxy) is 1. The Kier molecular flexibility index (Phi) is 8.99. The molecular formula is C23H29IN7O3P. The standard InChI is InChI=1S/C23H29IN7O3P/c1-3-29(4-2)10-5-11-31-27-22(26-28-31)20-9-6-16(13-25-20)19-8-7-17(12-21(19)35)30-14-18(15-33-24)34-23(30)32/h6-9,12-13,18H,3-5,10-11,14-15,35H2,1-2H3/t18-/m1/s1.